The first kappa shape index (κ1) is 16.5. The maximum absolute atomic E-state index is 12.6. The highest BCUT2D eigenvalue weighted by atomic mass is 19.4. The summed E-state index contributed by atoms with van der Waals surface area (Å²) in [5.74, 6) is -0.105. The summed E-state index contributed by atoms with van der Waals surface area (Å²) in [6.45, 7) is 2.79. The molecule has 128 valence electrons. The maximum Gasteiger partial charge on any atom is 0.416 e. The summed E-state index contributed by atoms with van der Waals surface area (Å²) in [6.07, 6.45) is -3.15. The van der Waals surface area contributed by atoms with Gasteiger partial charge in [-0.05, 0) is 31.3 Å². The third-order valence-electron chi connectivity index (χ3n) is 3.97. The number of hydrogen-bond donors (Lipinski definition) is 0. The molecule has 2 heterocycles. The Morgan fingerprint density at radius 1 is 1.12 bits per heavy atom. The van der Waals surface area contributed by atoms with Crippen LogP contribution in [-0.4, -0.2) is 53.9 Å². The van der Waals surface area contributed by atoms with Gasteiger partial charge in [0.2, 0.25) is 5.89 Å². The van der Waals surface area contributed by atoms with Crippen LogP contribution in [0.5, 0.6) is 0 Å². The number of benzene rings is 1. The van der Waals surface area contributed by atoms with Gasteiger partial charge in [-0.15, -0.1) is 0 Å². The topological polar surface area (TPSA) is 49.6 Å². The highest BCUT2D eigenvalue weighted by Crippen LogP contribution is 2.30. The van der Waals surface area contributed by atoms with E-state index in [1.165, 1.54) is 18.4 Å². The molecule has 0 aliphatic carbocycles. The van der Waals surface area contributed by atoms with E-state index in [0.717, 1.165) is 25.2 Å². The van der Waals surface area contributed by atoms with Gasteiger partial charge >= 0.3 is 6.18 Å². The first-order valence-corrected chi connectivity index (χ1v) is 7.45. The van der Waals surface area contributed by atoms with Crippen molar-refractivity contribution in [3.8, 4) is 11.5 Å². The lowest BCUT2D eigenvalue weighted by atomic mass is 10.1. The SMILES string of the molecule is CN1CCN(C(=O)c2coc(-c3ccc(C(F)(F)F)cc3)n2)CC1. The van der Waals surface area contributed by atoms with Crippen molar-refractivity contribution in [3.63, 3.8) is 0 Å². The van der Waals surface area contributed by atoms with Gasteiger partial charge < -0.3 is 14.2 Å². The first-order valence-electron chi connectivity index (χ1n) is 7.45. The lowest BCUT2D eigenvalue weighted by molar-refractivity contribution is -0.137. The van der Waals surface area contributed by atoms with Crippen molar-refractivity contribution in [1.82, 2.24) is 14.8 Å². The molecule has 1 fully saturated rings. The lowest BCUT2D eigenvalue weighted by Crippen LogP contribution is -2.47. The molecule has 8 heteroatoms. The molecule has 0 saturated carbocycles. The molecule has 1 aliphatic heterocycles. The van der Waals surface area contributed by atoms with Crippen LogP contribution in [0.25, 0.3) is 11.5 Å². The number of alkyl halides is 3. The van der Waals surface area contributed by atoms with Gasteiger partial charge in [0, 0.05) is 31.7 Å². The van der Waals surface area contributed by atoms with Gasteiger partial charge in [-0.2, -0.15) is 13.2 Å². The molecule has 3 rings (SSSR count). The fourth-order valence-electron chi connectivity index (χ4n) is 2.48. The number of aromatic nitrogens is 1. The number of rotatable bonds is 2. The summed E-state index contributed by atoms with van der Waals surface area (Å²) < 4.78 is 43.0. The van der Waals surface area contributed by atoms with Crippen LogP contribution >= 0.6 is 0 Å². The number of halogens is 3. The quantitative estimate of drug-likeness (QED) is 0.844. The summed E-state index contributed by atoms with van der Waals surface area (Å²) in [5.41, 5.74) is -0.193. The van der Waals surface area contributed by atoms with E-state index in [1.54, 1.807) is 4.90 Å². The number of amides is 1. The van der Waals surface area contributed by atoms with Crippen LogP contribution in [0.3, 0.4) is 0 Å². The molecule has 1 aliphatic rings. The Kier molecular flexibility index (Phi) is 4.31. The summed E-state index contributed by atoms with van der Waals surface area (Å²) in [7, 11) is 1.99. The first-order chi connectivity index (χ1) is 11.3. The average Bonchev–Trinajstić information content (AvgIpc) is 3.04. The van der Waals surface area contributed by atoms with Crippen molar-refractivity contribution in [1.29, 1.82) is 0 Å². The second-order valence-corrected chi connectivity index (χ2v) is 5.71. The van der Waals surface area contributed by atoms with Crippen LogP contribution in [-0.2, 0) is 6.18 Å². The van der Waals surface area contributed by atoms with Crippen molar-refractivity contribution in [3.05, 3.63) is 41.8 Å². The molecule has 0 spiro atoms. The van der Waals surface area contributed by atoms with Gasteiger partial charge in [-0.25, -0.2) is 4.98 Å². The van der Waals surface area contributed by atoms with E-state index < -0.39 is 11.7 Å². The van der Waals surface area contributed by atoms with Crippen LogP contribution in [0, 0.1) is 0 Å². The molecule has 0 bridgehead atoms. The summed E-state index contributed by atoms with van der Waals surface area (Å²) >= 11 is 0. The van der Waals surface area contributed by atoms with Gasteiger partial charge in [0.1, 0.15) is 6.26 Å². The second-order valence-electron chi connectivity index (χ2n) is 5.71. The Labute approximate surface area is 136 Å². The summed E-state index contributed by atoms with van der Waals surface area (Å²) in [6, 6.07) is 4.47. The summed E-state index contributed by atoms with van der Waals surface area (Å²) in [5, 5.41) is 0. The molecule has 5 nitrogen and oxygen atoms in total. The molecule has 0 unspecified atom stereocenters. The third-order valence-corrected chi connectivity index (χ3v) is 3.97. The Balaban J connectivity index is 1.74. The number of nitrogens with zero attached hydrogens (tertiary/aromatic N) is 3. The van der Waals surface area contributed by atoms with E-state index in [2.05, 4.69) is 9.88 Å². The minimum Gasteiger partial charge on any atom is -0.444 e. The standard InChI is InChI=1S/C16H16F3N3O2/c1-21-6-8-22(9-7-21)15(23)13-10-24-14(20-13)11-2-4-12(5-3-11)16(17,18)19/h2-5,10H,6-9H2,1H3. The Hall–Kier alpha value is -2.35. The number of piperazine rings is 1. The van der Waals surface area contributed by atoms with Crippen LogP contribution in [0.2, 0.25) is 0 Å². The van der Waals surface area contributed by atoms with Crippen molar-refractivity contribution in [2.75, 3.05) is 33.2 Å². The van der Waals surface area contributed by atoms with Gasteiger partial charge in [-0.1, -0.05) is 0 Å². The van der Waals surface area contributed by atoms with E-state index in [9.17, 15) is 18.0 Å². The zero-order valence-electron chi connectivity index (χ0n) is 13.0. The monoisotopic (exact) mass is 339 g/mol. The number of carbonyl (C=O) groups is 1. The number of hydrogen-bond acceptors (Lipinski definition) is 4. The predicted octanol–water partition coefficient (Wildman–Crippen LogP) is 2.75. The molecule has 1 aromatic carbocycles. The molecule has 1 aromatic heterocycles. The second kappa shape index (κ2) is 6.27. The number of likely N-dealkylation sites (N-methyl/N-ethyl adjacent to an activating group) is 1. The van der Waals surface area contributed by atoms with Crippen molar-refractivity contribution < 1.29 is 22.4 Å². The lowest BCUT2D eigenvalue weighted by Gasteiger charge is -2.31. The van der Waals surface area contributed by atoms with E-state index in [-0.39, 0.29) is 17.5 Å². The van der Waals surface area contributed by atoms with Gasteiger partial charge in [-0.3, -0.25) is 4.79 Å². The Morgan fingerprint density at radius 2 is 1.75 bits per heavy atom. The van der Waals surface area contributed by atoms with E-state index >= 15 is 0 Å². The van der Waals surface area contributed by atoms with E-state index in [0.29, 0.717) is 18.7 Å². The fraction of sp³-hybridized carbons (Fsp3) is 0.375. The molecule has 2 aromatic rings. The van der Waals surface area contributed by atoms with Gasteiger partial charge in [0.15, 0.2) is 5.69 Å². The molecule has 24 heavy (non-hydrogen) atoms. The minimum atomic E-state index is -4.39. The van der Waals surface area contributed by atoms with E-state index in [4.69, 9.17) is 4.42 Å². The van der Waals surface area contributed by atoms with Crippen molar-refractivity contribution in [2.45, 2.75) is 6.18 Å². The molecule has 1 saturated heterocycles. The average molecular weight is 339 g/mol. The molecular formula is C16H16F3N3O2. The smallest absolute Gasteiger partial charge is 0.416 e. The minimum absolute atomic E-state index is 0.126. The molecule has 1 amide bonds. The van der Waals surface area contributed by atoms with Crippen LogP contribution in [0.1, 0.15) is 16.1 Å². The largest absolute Gasteiger partial charge is 0.444 e. The van der Waals surface area contributed by atoms with Crippen molar-refractivity contribution in [2.24, 2.45) is 0 Å². The number of oxazole rings is 1. The predicted molar refractivity (Wildman–Crippen MR) is 80.3 cm³/mol. The number of carbonyl (C=O) groups excluding carboxylic acids is 1. The Bertz CT molecular complexity index is 717. The van der Waals surface area contributed by atoms with Crippen LogP contribution in [0.4, 0.5) is 13.2 Å². The van der Waals surface area contributed by atoms with Crippen LogP contribution in [0.15, 0.2) is 34.9 Å². The molecule has 0 atom stereocenters. The Morgan fingerprint density at radius 3 is 2.33 bits per heavy atom. The molecule has 0 N–H and O–H groups in total. The van der Waals surface area contributed by atoms with Crippen LogP contribution < -0.4 is 0 Å². The zero-order chi connectivity index (χ0) is 17.3. The van der Waals surface area contributed by atoms with E-state index in [1.807, 2.05) is 7.05 Å². The molecular weight excluding hydrogens is 323 g/mol. The normalized spacial score (nSPS) is 16.4. The highest BCUT2D eigenvalue weighted by Gasteiger charge is 2.30. The zero-order valence-corrected chi connectivity index (χ0v) is 13.0. The summed E-state index contributed by atoms with van der Waals surface area (Å²) in [4.78, 5) is 20.3. The molecule has 0 radical (unpaired) electrons. The highest BCUT2D eigenvalue weighted by molar-refractivity contribution is 5.92. The third kappa shape index (κ3) is 3.43. The van der Waals surface area contributed by atoms with Crippen molar-refractivity contribution >= 4 is 5.91 Å². The van der Waals surface area contributed by atoms with Gasteiger partial charge in [0.05, 0.1) is 5.56 Å². The fourth-order valence-corrected chi connectivity index (χ4v) is 2.48. The maximum atomic E-state index is 12.6. The van der Waals surface area contributed by atoms with Gasteiger partial charge in [0.25, 0.3) is 5.91 Å².